The van der Waals surface area contributed by atoms with Gasteiger partial charge in [-0.3, -0.25) is 14.5 Å². The zero-order valence-electron chi connectivity index (χ0n) is 9.30. The van der Waals surface area contributed by atoms with Gasteiger partial charge in [0.1, 0.15) is 0 Å². The van der Waals surface area contributed by atoms with E-state index in [0.29, 0.717) is 24.1 Å². The molecule has 1 heterocycles. The van der Waals surface area contributed by atoms with Crippen LogP contribution in [0.1, 0.15) is 27.1 Å². The summed E-state index contributed by atoms with van der Waals surface area (Å²) in [5.41, 5.74) is 0.986. The molecule has 0 atom stereocenters. The number of imide groups is 1. The van der Waals surface area contributed by atoms with Crippen LogP contribution < -0.4 is 0 Å². The Morgan fingerprint density at radius 3 is 2.24 bits per heavy atom. The number of carbonyl (C=O) groups excluding carboxylic acids is 2. The smallest absolute Gasteiger partial charge is 0.261 e. The molecule has 2 amide bonds. The lowest BCUT2D eigenvalue weighted by Gasteiger charge is -2.13. The Morgan fingerprint density at radius 1 is 1.24 bits per heavy atom. The highest BCUT2D eigenvalue weighted by molar-refractivity contribution is 8.22. The Hall–Kier alpha value is -1.20. The molecule has 0 bridgehead atoms. The topological polar surface area (TPSA) is 37.4 Å². The molecule has 0 radical (unpaired) electrons. The monoisotopic (exact) mass is 265 g/mol. The summed E-state index contributed by atoms with van der Waals surface area (Å²) in [5, 5.41) is 0. The third-order valence-corrected chi connectivity index (χ3v) is 4.01. The maximum atomic E-state index is 12.0. The predicted molar refractivity (Wildman–Crippen MR) is 72.5 cm³/mol. The van der Waals surface area contributed by atoms with Crippen LogP contribution in [0, 0.1) is 0 Å². The van der Waals surface area contributed by atoms with E-state index < -0.39 is 0 Å². The number of benzene rings is 1. The van der Waals surface area contributed by atoms with E-state index in [-0.39, 0.29) is 11.8 Å². The first-order chi connectivity index (χ1) is 8.15. The number of hydrogen-bond donors (Lipinski definition) is 0. The number of nitrogens with zero attached hydrogens (tertiary/aromatic N) is 1. The van der Waals surface area contributed by atoms with Crippen LogP contribution in [0.4, 0.5) is 0 Å². The lowest BCUT2D eigenvalue weighted by Crippen LogP contribution is -2.31. The van der Waals surface area contributed by atoms with Crippen LogP contribution in [0.3, 0.4) is 0 Å². The van der Waals surface area contributed by atoms with Crippen molar-refractivity contribution < 1.29 is 9.59 Å². The summed E-state index contributed by atoms with van der Waals surface area (Å²) < 4.78 is 0.807. The summed E-state index contributed by atoms with van der Waals surface area (Å²) in [6.45, 7) is 0.367. The molecular formula is C12H11NO2S2. The molecule has 2 rings (SSSR count). The first kappa shape index (κ1) is 12.3. The highest BCUT2D eigenvalue weighted by Crippen LogP contribution is 2.22. The van der Waals surface area contributed by atoms with Gasteiger partial charge in [0.2, 0.25) is 0 Å². The second-order valence-electron chi connectivity index (χ2n) is 3.63. The van der Waals surface area contributed by atoms with Crippen LogP contribution in [0.5, 0.6) is 0 Å². The van der Waals surface area contributed by atoms with E-state index in [1.165, 1.54) is 16.7 Å². The van der Waals surface area contributed by atoms with Gasteiger partial charge in [-0.05, 0) is 18.4 Å². The number of thiocarbonyl (C=S) groups is 1. The molecule has 0 fully saturated rings. The molecule has 3 nitrogen and oxygen atoms in total. The number of fused-ring (bicyclic) bond motifs is 1. The predicted octanol–water partition coefficient (Wildman–Crippen LogP) is 2.36. The quantitative estimate of drug-likeness (QED) is 0.621. The molecule has 88 valence electrons. The molecule has 17 heavy (non-hydrogen) atoms. The highest BCUT2D eigenvalue weighted by Gasteiger charge is 2.34. The zero-order valence-corrected chi connectivity index (χ0v) is 10.9. The molecule has 1 aromatic carbocycles. The Morgan fingerprint density at radius 2 is 1.76 bits per heavy atom. The lowest BCUT2D eigenvalue weighted by atomic mass is 10.1. The first-order valence-electron chi connectivity index (χ1n) is 5.17. The second-order valence-corrected chi connectivity index (χ2v) is 5.29. The Labute approximate surface area is 109 Å². The van der Waals surface area contributed by atoms with E-state index in [1.807, 2.05) is 6.26 Å². The van der Waals surface area contributed by atoms with Gasteiger partial charge in [-0.25, -0.2) is 0 Å². The standard InChI is InChI=1S/C12H11NO2S2/c1-17-10(16)6-7-13-11(14)8-4-2-3-5-9(8)12(13)15/h2-5H,6-7H2,1H3. The number of amides is 2. The van der Waals surface area contributed by atoms with E-state index in [9.17, 15) is 9.59 Å². The van der Waals surface area contributed by atoms with Crippen molar-refractivity contribution in [1.29, 1.82) is 0 Å². The number of thioether (sulfide) groups is 1. The van der Waals surface area contributed by atoms with E-state index in [0.717, 1.165) is 4.20 Å². The van der Waals surface area contributed by atoms with Crippen molar-refractivity contribution in [2.24, 2.45) is 0 Å². The van der Waals surface area contributed by atoms with Crippen molar-refractivity contribution in [3.8, 4) is 0 Å². The maximum absolute atomic E-state index is 12.0. The maximum Gasteiger partial charge on any atom is 0.261 e. The van der Waals surface area contributed by atoms with Crippen LogP contribution >= 0.6 is 24.0 Å². The summed E-state index contributed by atoms with van der Waals surface area (Å²) >= 11 is 6.54. The zero-order chi connectivity index (χ0) is 12.4. The van der Waals surface area contributed by atoms with Gasteiger partial charge in [-0.1, -0.05) is 24.4 Å². The minimum Gasteiger partial charge on any atom is -0.274 e. The molecule has 1 aromatic rings. The molecular weight excluding hydrogens is 254 g/mol. The third-order valence-electron chi connectivity index (χ3n) is 2.65. The number of rotatable bonds is 3. The minimum absolute atomic E-state index is 0.213. The van der Waals surface area contributed by atoms with Gasteiger partial charge in [0.25, 0.3) is 11.8 Å². The molecule has 0 unspecified atom stereocenters. The van der Waals surface area contributed by atoms with Crippen molar-refractivity contribution in [2.45, 2.75) is 6.42 Å². The van der Waals surface area contributed by atoms with E-state index in [2.05, 4.69) is 0 Å². The van der Waals surface area contributed by atoms with Gasteiger partial charge in [-0.15, -0.1) is 11.8 Å². The van der Waals surface area contributed by atoms with Gasteiger partial charge in [0.15, 0.2) is 0 Å². The van der Waals surface area contributed by atoms with E-state index >= 15 is 0 Å². The first-order valence-corrected chi connectivity index (χ1v) is 6.80. The molecule has 5 heteroatoms. The average Bonchev–Trinajstić information content (AvgIpc) is 2.60. The molecule has 1 aliphatic rings. The van der Waals surface area contributed by atoms with Crippen molar-refractivity contribution in [3.05, 3.63) is 35.4 Å². The van der Waals surface area contributed by atoms with Crippen molar-refractivity contribution in [2.75, 3.05) is 12.8 Å². The van der Waals surface area contributed by atoms with Gasteiger partial charge in [0.05, 0.1) is 11.1 Å². The van der Waals surface area contributed by atoms with Gasteiger partial charge in [-0.2, -0.15) is 0 Å². The lowest BCUT2D eigenvalue weighted by molar-refractivity contribution is 0.0659. The van der Waals surface area contributed by atoms with Gasteiger partial charge < -0.3 is 0 Å². The normalized spacial score (nSPS) is 14.1. The van der Waals surface area contributed by atoms with Crippen molar-refractivity contribution >= 4 is 40.0 Å². The molecule has 0 aromatic heterocycles. The fourth-order valence-corrected chi connectivity index (χ4v) is 2.13. The van der Waals surface area contributed by atoms with Crippen LogP contribution in [0.25, 0.3) is 0 Å². The highest BCUT2D eigenvalue weighted by atomic mass is 32.2. The third kappa shape index (κ3) is 2.25. The molecule has 0 aliphatic carbocycles. The average molecular weight is 265 g/mol. The van der Waals surface area contributed by atoms with E-state index in [4.69, 9.17) is 12.2 Å². The van der Waals surface area contributed by atoms with Crippen LogP contribution in [-0.4, -0.2) is 33.7 Å². The van der Waals surface area contributed by atoms with Crippen molar-refractivity contribution in [1.82, 2.24) is 4.90 Å². The molecule has 0 spiro atoms. The SMILES string of the molecule is CSC(=S)CCN1C(=O)c2ccccc2C1=O. The van der Waals surface area contributed by atoms with E-state index in [1.54, 1.807) is 24.3 Å². The molecule has 0 saturated carbocycles. The number of carbonyl (C=O) groups is 2. The largest absolute Gasteiger partial charge is 0.274 e. The van der Waals surface area contributed by atoms with Crippen LogP contribution in [-0.2, 0) is 0 Å². The summed E-state index contributed by atoms with van der Waals surface area (Å²) in [6.07, 6.45) is 2.46. The van der Waals surface area contributed by atoms with Gasteiger partial charge in [0, 0.05) is 17.2 Å². The number of hydrogen-bond acceptors (Lipinski definition) is 4. The summed E-state index contributed by atoms with van der Waals surface area (Å²) in [4.78, 5) is 25.2. The fraction of sp³-hybridized carbons (Fsp3) is 0.250. The minimum atomic E-state index is -0.213. The second kappa shape index (κ2) is 4.98. The van der Waals surface area contributed by atoms with Crippen LogP contribution in [0.15, 0.2) is 24.3 Å². The summed E-state index contributed by atoms with van der Waals surface area (Å²) in [6, 6.07) is 6.89. The summed E-state index contributed by atoms with van der Waals surface area (Å²) in [7, 11) is 0. The Kier molecular flexibility index (Phi) is 3.59. The Bertz CT molecular complexity index is 464. The van der Waals surface area contributed by atoms with Gasteiger partial charge >= 0.3 is 0 Å². The Balaban J connectivity index is 2.16. The van der Waals surface area contributed by atoms with Crippen LogP contribution in [0.2, 0.25) is 0 Å². The van der Waals surface area contributed by atoms with Crippen molar-refractivity contribution in [3.63, 3.8) is 0 Å². The molecule has 0 N–H and O–H groups in total. The molecule has 0 saturated heterocycles. The summed E-state index contributed by atoms with van der Waals surface area (Å²) in [5.74, 6) is -0.427. The fourth-order valence-electron chi connectivity index (χ4n) is 1.75. The molecule has 1 aliphatic heterocycles.